The van der Waals surface area contributed by atoms with Gasteiger partial charge < -0.3 is 77.9 Å². The smallest absolute Gasteiger partial charge is 0.790 e. The Kier molecular flexibility index (Phi) is 74.7. The number of nitrogen functional groups attached to an aromatic ring is 1. The van der Waals surface area contributed by atoms with Crippen LogP contribution in [0.1, 0.15) is 0 Å². The maximum Gasteiger partial charge on any atom is 1.00 e. The van der Waals surface area contributed by atoms with Gasteiger partial charge in [-0.2, -0.15) is 0 Å². The Morgan fingerprint density at radius 1 is 0.522 bits per heavy atom. The third-order valence-corrected chi connectivity index (χ3v) is 8.45. The maximum atomic E-state index is 10.1. The van der Waals surface area contributed by atoms with Crippen molar-refractivity contribution in [3.8, 4) is 0 Å². The van der Waals surface area contributed by atoms with E-state index in [0.717, 1.165) is 0 Å². The minimum atomic E-state index is -5.97. The first-order valence-corrected chi connectivity index (χ1v) is 15.9. The molecule has 0 bridgehead atoms. The molecule has 0 aliphatic rings. The van der Waals surface area contributed by atoms with Crippen LogP contribution in [0.3, 0.4) is 0 Å². The molecule has 2 aromatic rings. The number of hydrogen-bond acceptors (Lipinski definition) is 24. The second-order valence-electron chi connectivity index (χ2n) is 4.87. The molecular weight excluding hydrogens is 946 g/mol. The second-order valence-corrected chi connectivity index (χ2v) is 12.8. The SMILES string of the molecule is Nc1ncnc2nc[nH]c12.O=P([O-])([O-])OP(=O)([O-])OP(=O)([O-])[O-].O=P([O-])([O-])OP(=O)([O-])OP(=O)([O-])[O-].[K+].[K+].[K+].[K+].[K+].[Na+].[Na+].[Na+].[Na+].[Na+]. The molecule has 0 aromatic carbocycles. The number of nitrogens with one attached hydrogen (secondary N) is 1. The monoisotopic (exact) mass is 951 g/mol. The summed E-state index contributed by atoms with van der Waals surface area (Å²) in [5.41, 5.74) is 6.78. The number of anilines is 1. The summed E-state index contributed by atoms with van der Waals surface area (Å²) in [6.07, 6.45) is 2.92. The van der Waals surface area contributed by atoms with Crippen molar-refractivity contribution in [2.75, 3.05) is 5.73 Å². The molecule has 46 heavy (non-hydrogen) atoms. The van der Waals surface area contributed by atoms with E-state index in [9.17, 15) is 76.3 Å². The van der Waals surface area contributed by atoms with Crippen LogP contribution in [0.15, 0.2) is 12.7 Å². The van der Waals surface area contributed by atoms with Crippen molar-refractivity contribution in [1.29, 1.82) is 0 Å². The van der Waals surface area contributed by atoms with E-state index in [1.54, 1.807) is 0 Å². The zero-order chi connectivity index (χ0) is 28.8. The summed E-state index contributed by atoms with van der Waals surface area (Å²) in [7, 11) is -35.8. The first-order valence-electron chi connectivity index (χ1n) is 7.15. The molecule has 41 heteroatoms. The van der Waals surface area contributed by atoms with Crippen LogP contribution in [-0.4, -0.2) is 19.9 Å². The molecule has 2 heterocycles. The number of nitrogens with zero attached hydrogens (tertiary/aromatic N) is 3. The van der Waals surface area contributed by atoms with Gasteiger partial charge in [-0.1, -0.05) is 0 Å². The molecule has 0 radical (unpaired) electrons. The Labute approximate surface area is 583 Å². The van der Waals surface area contributed by atoms with E-state index >= 15 is 0 Å². The van der Waals surface area contributed by atoms with Gasteiger partial charge in [0.05, 0.1) is 37.6 Å². The van der Waals surface area contributed by atoms with E-state index in [1.807, 2.05) is 0 Å². The predicted molar refractivity (Wildman–Crippen MR) is 86.1 cm³/mol. The average molecular weight is 951 g/mol. The predicted octanol–water partition coefficient (Wildman–Crippen LogP) is -37.7. The third-order valence-electron chi connectivity index (χ3n) is 2.05. The maximum absolute atomic E-state index is 10.1. The van der Waals surface area contributed by atoms with Crippen molar-refractivity contribution in [3.63, 3.8) is 0 Å². The van der Waals surface area contributed by atoms with Crippen LogP contribution in [0, 0.1) is 0 Å². The van der Waals surface area contributed by atoms with Crippen LogP contribution in [0.4, 0.5) is 5.82 Å². The van der Waals surface area contributed by atoms with E-state index in [1.165, 1.54) is 12.7 Å². The Bertz CT molecular complexity index is 1220. The van der Waals surface area contributed by atoms with Crippen molar-refractivity contribution in [2.45, 2.75) is 0 Å². The van der Waals surface area contributed by atoms with Gasteiger partial charge in [-0.05, 0) is 0 Å². The zero-order valence-corrected chi connectivity index (χ0v) is 56.9. The minimum Gasteiger partial charge on any atom is -0.790 e. The topological polar surface area (TPSA) is 450 Å². The summed E-state index contributed by atoms with van der Waals surface area (Å²) in [6.45, 7) is 0. The van der Waals surface area contributed by atoms with Crippen LogP contribution < -0.4 is 459 Å². The number of imidazole rings is 1. The average Bonchev–Trinajstić information content (AvgIpc) is 2.95. The van der Waals surface area contributed by atoms with Crippen molar-refractivity contribution in [2.24, 2.45) is 0 Å². The number of aromatic amines is 1. The Hall–Kier alpha value is 12.4. The van der Waals surface area contributed by atoms with E-state index in [2.05, 4.69) is 37.2 Å². The number of hydrogen-bond donors (Lipinski definition) is 2. The summed E-state index contributed by atoms with van der Waals surface area (Å²) in [5, 5.41) is 0. The molecule has 0 aliphatic carbocycles. The molecule has 0 saturated heterocycles. The van der Waals surface area contributed by atoms with Gasteiger partial charge in [0.25, 0.3) is 15.6 Å². The van der Waals surface area contributed by atoms with E-state index < -0.39 is 46.9 Å². The second kappa shape index (κ2) is 40.1. The first kappa shape index (κ1) is 85.6. The molecule has 0 saturated carbocycles. The summed E-state index contributed by atoms with van der Waals surface area (Å²) >= 11 is 0. The molecule has 0 spiro atoms. The van der Waals surface area contributed by atoms with Crippen LogP contribution in [0.2, 0.25) is 0 Å². The van der Waals surface area contributed by atoms with Crippen LogP contribution in [0.25, 0.3) is 11.2 Å². The van der Waals surface area contributed by atoms with Gasteiger partial charge >= 0.3 is 405 Å². The van der Waals surface area contributed by atoms with Gasteiger partial charge in [0.15, 0.2) is 11.5 Å². The Balaban J connectivity index is -0.0000000402. The number of rotatable bonds is 8. The standard InChI is InChI=1S/C5H5N5.5K.5Na.2H5O10P3/c6-4-3-5(9-1-7-3)10-2-8-4;;;;;;;;;;;2*1-11(2,3)9-13(7,8)10-12(4,5)6/h1-2H,(H3,6,7,8,9,10);;;;;;;;;;;2*(H,7,8)(H2,1,2,3)(H2,4,5,6)/q;10*+1;;/p-10. The van der Waals surface area contributed by atoms with Crippen molar-refractivity contribution >= 4 is 63.9 Å². The summed E-state index contributed by atoms with van der Waals surface area (Å²) in [5.74, 6) is 0.433. The summed E-state index contributed by atoms with van der Waals surface area (Å²) in [4.78, 5) is 112. The fraction of sp³-hybridized carbons (Fsp3) is 0. The van der Waals surface area contributed by atoms with E-state index in [-0.39, 0.29) is 405 Å². The molecule has 0 atom stereocenters. The number of H-pyrrole nitrogens is 1. The normalized spacial score (nSPS) is 10.5. The molecule has 0 unspecified atom stereocenters. The Morgan fingerprint density at radius 2 is 0.783 bits per heavy atom. The van der Waals surface area contributed by atoms with Gasteiger partial charge in [0, 0.05) is 0 Å². The van der Waals surface area contributed by atoms with Crippen molar-refractivity contribution in [1.82, 2.24) is 19.9 Å². The van der Waals surface area contributed by atoms with Gasteiger partial charge in [0.2, 0.25) is 0 Å². The van der Waals surface area contributed by atoms with E-state index in [0.29, 0.717) is 17.0 Å². The largest absolute Gasteiger partial charge is 1.00 e. The number of phosphoric acid groups is 6. The van der Waals surface area contributed by atoms with Crippen LogP contribution in [0.5, 0.6) is 0 Å². The molecule has 0 aliphatic heterocycles. The molecule has 2 aromatic heterocycles. The zero-order valence-electron chi connectivity index (χ0n) is 25.9. The molecule has 0 fully saturated rings. The van der Waals surface area contributed by atoms with Gasteiger partial charge in [-0.25, -0.2) is 15.0 Å². The van der Waals surface area contributed by atoms with Crippen molar-refractivity contribution in [3.05, 3.63) is 12.7 Å². The molecular formula is C5H5K5N5Na5O20P6. The summed E-state index contributed by atoms with van der Waals surface area (Å²) < 4.78 is 69.4. The molecule has 25 nitrogen and oxygen atoms in total. The molecule has 210 valence electrons. The van der Waals surface area contributed by atoms with Gasteiger partial charge in [-0.3, -0.25) is 26.4 Å². The molecule has 2 rings (SSSR count). The quantitative estimate of drug-likeness (QED) is 0.183. The van der Waals surface area contributed by atoms with E-state index in [4.69, 9.17) is 5.73 Å². The fourth-order valence-electron chi connectivity index (χ4n) is 1.30. The number of fused-ring (bicyclic) bond motifs is 1. The fourth-order valence-corrected chi connectivity index (χ4v) is 6.00. The van der Waals surface area contributed by atoms with Crippen LogP contribution >= 0.6 is 46.9 Å². The first-order chi connectivity index (χ1) is 15.7. The van der Waals surface area contributed by atoms with Crippen molar-refractivity contribution < 1.29 is 498 Å². The minimum absolute atomic E-state index is 0. The van der Waals surface area contributed by atoms with Gasteiger partial charge in [0.1, 0.15) is 11.8 Å². The van der Waals surface area contributed by atoms with Crippen LogP contribution in [-0.2, 0) is 44.6 Å². The number of aromatic nitrogens is 4. The number of nitrogens with two attached hydrogens (primary N) is 1. The third kappa shape index (κ3) is 54.4. The molecule has 0 amide bonds. The van der Waals surface area contributed by atoms with Gasteiger partial charge in [-0.15, -0.1) is 0 Å². The Morgan fingerprint density at radius 3 is 1.00 bits per heavy atom. The summed E-state index contributed by atoms with van der Waals surface area (Å²) in [6, 6.07) is 0. The molecule has 3 N–H and O–H groups in total.